The molecule has 394 valence electrons. The zero-order valence-electron chi connectivity index (χ0n) is 42.2. The number of piperidine rings is 2. The summed E-state index contributed by atoms with van der Waals surface area (Å²) in [6, 6.07) is 32.3. The number of amides is 1. The number of fused-ring (bicyclic) bond motifs is 3. The Labute approximate surface area is 463 Å². The Morgan fingerprint density at radius 2 is 1.01 bits per heavy atom. The Kier molecular flexibility index (Phi) is 16.1. The number of hydrogen-bond donors (Lipinski definition) is 5. The first-order valence-electron chi connectivity index (χ1n) is 25.0. The van der Waals surface area contributed by atoms with E-state index < -0.39 is 0 Å². The number of H-pyrrole nitrogens is 3. The highest BCUT2D eigenvalue weighted by molar-refractivity contribution is 6.31. The van der Waals surface area contributed by atoms with Gasteiger partial charge in [0, 0.05) is 64.5 Å². The molecule has 77 heavy (non-hydrogen) atoms. The molecule has 2 fully saturated rings. The molecule has 4 aromatic carbocycles. The fraction of sp³-hybridized carbons (Fsp3) is 0.273. The lowest BCUT2D eigenvalue weighted by Gasteiger charge is -2.39. The van der Waals surface area contributed by atoms with Crippen molar-refractivity contribution in [2.45, 2.75) is 46.1 Å². The summed E-state index contributed by atoms with van der Waals surface area (Å²) in [7, 11) is 0. The lowest BCUT2D eigenvalue weighted by atomic mass is 9.80. The molecule has 18 nitrogen and oxygen atoms in total. The monoisotopic (exact) mass is 1110 g/mol. The normalized spacial score (nSPS) is 14.9. The molecule has 0 unspecified atom stereocenters. The number of benzene rings is 4. The summed E-state index contributed by atoms with van der Waals surface area (Å²) in [5, 5.41) is 27.0. The smallest absolute Gasteiger partial charge is 0.407 e. The topological polar surface area (TPSA) is 234 Å². The van der Waals surface area contributed by atoms with Crippen LogP contribution in [-0.2, 0) is 11.3 Å². The summed E-state index contributed by atoms with van der Waals surface area (Å²) in [6.07, 6.45) is 8.70. The van der Waals surface area contributed by atoms with E-state index in [-0.39, 0.29) is 23.5 Å². The lowest BCUT2D eigenvalue weighted by molar-refractivity contribution is 0.131. The minimum absolute atomic E-state index is 0.00806. The van der Waals surface area contributed by atoms with Crippen LogP contribution in [0.1, 0.15) is 45.1 Å². The average molecular weight is 1110 g/mol. The van der Waals surface area contributed by atoms with Crippen molar-refractivity contribution in [3.05, 3.63) is 148 Å². The van der Waals surface area contributed by atoms with Crippen LogP contribution < -0.4 is 20.9 Å². The molecule has 0 spiro atoms. The van der Waals surface area contributed by atoms with Crippen molar-refractivity contribution in [2.24, 2.45) is 16.6 Å². The predicted molar refractivity (Wildman–Crippen MR) is 304 cm³/mol. The third-order valence-electron chi connectivity index (χ3n) is 14.0. The molecule has 12 rings (SSSR count). The van der Waals surface area contributed by atoms with E-state index in [2.05, 4.69) is 79.5 Å². The number of halogens is 4. The zero-order chi connectivity index (χ0) is 53.5. The van der Waals surface area contributed by atoms with Gasteiger partial charge in [0.25, 0.3) is 0 Å². The molecule has 22 heteroatoms. The van der Waals surface area contributed by atoms with Crippen LogP contribution in [0.25, 0.3) is 67.3 Å². The first-order valence-corrected chi connectivity index (χ1v) is 26.5. The van der Waals surface area contributed by atoms with E-state index in [9.17, 15) is 4.79 Å². The Balaban J connectivity index is 0.000000139. The van der Waals surface area contributed by atoms with Crippen molar-refractivity contribution in [2.75, 3.05) is 49.1 Å². The fourth-order valence-electron chi connectivity index (χ4n) is 9.18. The molecular formula is C55H54Cl4N16O2. The standard InChI is InChI=1S/C26H27ClN6O2.C18H21ClN6.C11H6Cl2N4/c1-26(17-29-25(34)35-16-18-6-3-2-4-7-18)10-12-33(13-11-26)21-15-28-23-22(31-32-24(23)30-21)19-8-5-9-20(27)14-19;1-18(11-20)5-7-25(8-6-18)14-10-21-16-15(23-24-17(16)22-14)12-3-2-4-13(19)9-12;12-7-3-1-2-6(4-7)9-10-11(17-16-9)15-8(13)5-14-10/h2-9,14-15H,10-13,16-17H2,1H3,(H,29,34)(H,30,31,32);2-4,9-10H,5-8,11,20H2,1H3,(H,22,23,24);1-5H,(H,15,16,17). The summed E-state index contributed by atoms with van der Waals surface area (Å²) < 4.78 is 5.34. The van der Waals surface area contributed by atoms with Gasteiger partial charge in [-0.05, 0) is 85.0 Å². The number of ether oxygens (including phenoxy) is 1. The Bertz CT molecular complexity index is 3650. The summed E-state index contributed by atoms with van der Waals surface area (Å²) in [4.78, 5) is 43.6. The van der Waals surface area contributed by atoms with Crippen molar-refractivity contribution in [1.29, 1.82) is 0 Å². The van der Waals surface area contributed by atoms with E-state index in [1.54, 1.807) is 6.20 Å². The van der Waals surface area contributed by atoms with Crippen LogP contribution in [0, 0.1) is 10.8 Å². The van der Waals surface area contributed by atoms with Crippen LogP contribution in [0.15, 0.2) is 122 Å². The minimum atomic E-state index is -0.386. The lowest BCUT2D eigenvalue weighted by Crippen LogP contribution is -2.45. The highest BCUT2D eigenvalue weighted by Gasteiger charge is 2.32. The molecule has 0 saturated carbocycles. The fourth-order valence-corrected chi connectivity index (χ4v) is 9.88. The Morgan fingerprint density at radius 3 is 1.45 bits per heavy atom. The molecule has 6 aromatic heterocycles. The highest BCUT2D eigenvalue weighted by atomic mass is 35.5. The molecule has 2 saturated heterocycles. The number of nitrogens with zero attached hydrogens (tertiary/aromatic N) is 11. The maximum Gasteiger partial charge on any atom is 0.407 e. The van der Waals surface area contributed by atoms with Gasteiger partial charge in [-0.15, -0.1) is 0 Å². The highest BCUT2D eigenvalue weighted by Crippen LogP contribution is 2.35. The molecule has 0 radical (unpaired) electrons. The number of nitrogens with two attached hydrogens (primary N) is 1. The van der Waals surface area contributed by atoms with E-state index in [1.165, 1.54) is 6.20 Å². The molecule has 2 aliphatic heterocycles. The number of carbonyl (C=O) groups excluding carboxylic acids is 1. The van der Waals surface area contributed by atoms with Gasteiger partial charge < -0.3 is 25.6 Å². The van der Waals surface area contributed by atoms with Gasteiger partial charge in [-0.1, -0.05) is 127 Å². The second-order valence-electron chi connectivity index (χ2n) is 19.7. The first kappa shape index (κ1) is 52.9. The average Bonchev–Trinajstić information content (AvgIpc) is 4.20. The van der Waals surface area contributed by atoms with Crippen molar-refractivity contribution in [1.82, 2.24) is 65.8 Å². The third kappa shape index (κ3) is 12.7. The van der Waals surface area contributed by atoms with Crippen molar-refractivity contribution < 1.29 is 9.53 Å². The van der Waals surface area contributed by atoms with Crippen LogP contribution >= 0.6 is 46.4 Å². The SMILES string of the molecule is CC1(CN)CCN(c2cnc3c(-c4cccc(Cl)c4)[nH]nc3n2)CC1.CC1(CNC(=O)OCc2ccccc2)CCN(c2cnc3c(-c4cccc(Cl)c4)[nH]nc3n2)CC1.Clc1cccc(-c2[nH]nc3nc(Cl)cnc23)c1. The molecule has 6 N–H and O–H groups in total. The molecule has 2 aliphatic rings. The Hall–Kier alpha value is -7.48. The third-order valence-corrected chi connectivity index (χ3v) is 14.9. The van der Waals surface area contributed by atoms with Crippen molar-refractivity contribution in [3.63, 3.8) is 0 Å². The number of alkyl carbamates (subject to hydrolysis) is 1. The van der Waals surface area contributed by atoms with E-state index in [4.69, 9.17) is 66.8 Å². The maximum atomic E-state index is 12.2. The largest absolute Gasteiger partial charge is 0.445 e. The number of nitrogens with one attached hydrogen (secondary N) is 4. The summed E-state index contributed by atoms with van der Waals surface area (Å²) in [5.74, 6) is 1.68. The number of hydrogen-bond acceptors (Lipinski definition) is 14. The van der Waals surface area contributed by atoms with Gasteiger partial charge in [0.05, 0.1) is 35.7 Å². The predicted octanol–water partition coefficient (Wildman–Crippen LogP) is 11.8. The van der Waals surface area contributed by atoms with Crippen molar-refractivity contribution >= 4 is 97.6 Å². The van der Waals surface area contributed by atoms with Gasteiger partial charge in [-0.3, -0.25) is 15.3 Å². The number of anilines is 2. The van der Waals surface area contributed by atoms with Gasteiger partial charge in [-0.25, -0.2) is 34.7 Å². The van der Waals surface area contributed by atoms with Crippen molar-refractivity contribution in [3.8, 4) is 33.8 Å². The van der Waals surface area contributed by atoms with Crippen LogP contribution in [0.2, 0.25) is 20.2 Å². The van der Waals surface area contributed by atoms with Gasteiger partial charge >= 0.3 is 6.09 Å². The number of rotatable bonds is 10. The molecule has 8 heterocycles. The second kappa shape index (κ2) is 23.4. The number of aromatic amines is 3. The molecule has 0 aliphatic carbocycles. The van der Waals surface area contributed by atoms with Crippen LogP contribution in [-0.4, -0.2) is 106 Å². The Morgan fingerprint density at radius 1 is 0.584 bits per heavy atom. The van der Waals surface area contributed by atoms with E-state index in [0.29, 0.717) is 49.2 Å². The van der Waals surface area contributed by atoms with E-state index >= 15 is 0 Å². The van der Waals surface area contributed by atoms with Gasteiger partial charge in [0.2, 0.25) is 16.9 Å². The summed E-state index contributed by atoms with van der Waals surface area (Å²) in [6.45, 7) is 9.55. The minimum Gasteiger partial charge on any atom is -0.445 e. The molecular weight excluding hydrogens is 1060 g/mol. The van der Waals surface area contributed by atoms with Crippen LogP contribution in [0.4, 0.5) is 16.4 Å². The summed E-state index contributed by atoms with van der Waals surface area (Å²) >= 11 is 23.9. The quantitative estimate of drug-likeness (QED) is 0.0857. The van der Waals surface area contributed by atoms with Crippen LogP contribution in [0.5, 0.6) is 0 Å². The van der Waals surface area contributed by atoms with E-state index in [1.807, 2.05) is 109 Å². The van der Waals surface area contributed by atoms with Gasteiger partial charge in [0.1, 0.15) is 39.9 Å². The zero-order valence-corrected chi connectivity index (χ0v) is 45.2. The van der Waals surface area contributed by atoms with Crippen LogP contribution in [0.3, 0.4) is 0 Å². The van der Waals surface area contributed by atoms with Gasteiger partial charge in [-0.2, -0.15) is 15.3 Å². The molecule has 0 atom stereocenters. The summed E-state index contributed by atoms with van der Waals surface area (Å²) in [5.41, 5.74) is 16.2. The molecule has 10 aromatic rings. The molecule has 1 amide bonds. The number of carbonyl (C=O) groups is 1. The van der Waals surface area contributed by atoms with Gasteiger partial charge in [0.15, 0.2) is 0 Å². The first-order chi connectivity index (χ1) is 37.3. The molecule has 0 bridgehead atoms. The second-order valence-corrected chi connectivity index (χ2v) is 21.4. The van der Waals surface area contributed by atoms with E-state index in [0.717, 1.165) is 120 Å². The number of aromatic nitrogens is 12. The maximum absolute atomic E-state index is 12.2.